The molecule has 0 aliphatic carbocycles. The summed E-state index contributed by atoms with van der Waals surface area (Å²) in [7, 11) is 0. The second kappa shape index (κ2) is 9.75. The van der Waals surface area contributed by atoms with Crippen molar-refractivity contribution in [3.8, 4) is 0 Å². The third-order valence-corrected chi connectivity index (χ3v) is 3.56. The Morgan fingerprint density at radius 2 is 1.55 bits per heavy atom. The molecule has 5 nitrogen and oxygen atoms in total. The maximum Gasteiger partial charge on any atom is 0.320 e. The van der Waals surface area contributed by atoms with E-state index in [-0.39, 0.29) is 0 Å². The molecule has 1 heterocycles. The molecule has 116 valence electrons. The zero-order valence-electron chi connectivity index (χ0n) is 12.7. The minimum absolute atomic E-state index is 0.294. The molecule has 0 saturated carbocycles. The molecular formula is C15H27NO4. The zero-order valence-corrected chi connectivity index (χ0v) is 12.7. The molecule has 0 radical (unpaired) electrons. The topological polar surface area (TPSA) is 55.8 Å². The van der Waals surface area contributed by atoms with Crippen LogP contribution >= 0.6 is 0 Å². The summed E-state index contributed by atoms with van der Waals surface area (Å²) in [5.74, 6) is -1.66. The third kappa shape index (κ3) is 5.90. The minimum atomic E-state index is -0.756. The Labute approximate surface area is 121 Å². The number of carbonyl (C=O) groups excluding carboxylic acids is 2. The first-order chi connectivity index (χ1) is 9.69. The molecule has 1 fully saturated rings. The van der Waals surface area contributed by atoms with E-state index in [4.69, 9.17) is 9.47 Å². The van der Waals surface area contributed by atoms with Crippen LogP contribution in [0, 0.1) is 5.92 Å². The molecule has 1 saturated heterocycles. The SMILES string of the molecule is CCOC(=O)C(CCCCN1CCCC1)C(=O)OCC. The van der Waals surface area contributed by atoms with Crippen LogP contribution < -0.4 is 0 Å². The molecule has 0 amide bonds. The van der Waals surface area contributed by atoms with Crippen molar-refractivity contribution in [1.29, 1.82) is 0 Å². The first-order valence-corrected chi connectivity index (χ1v) is 7.74. The van der Waals surface area contributed by atoms with Crippen LogP contribution in [0.2, 0.25) is 0 Å². The number of carbonyl (C=O) groups is 2. The summed E-state index contributed by atoms with van der Waals surface area (Å²) in [6, 6.07) is 0. The molecule has 0 aromatic heterocycles. The lowest BCUT2D eigenvalue weighted by molar-refractivity contribution is -0.161. The molecule has 0 bridgehead atoms. The van der Waals surface area contributed by atoms with Crippen molar-refractivity contribution in [1.82, 2.24) is 4.90 Å². The summed E-state index contributed by atoms with van der Waals surface area (Å²) in [5, 5.41) is 0. The Balaban J connectivity index is 2.31. The van der Waals surface area contributed by atoms with E-state index in [2.05, 4.69) is 4.90 Å². The fourth-order valence-corrected chi connectivity index (χ4v) is 2.51. The van der Waals surface area contributed by atoms with Gasteiger partial charge in [0.15, 0.2) is 5.92 Å². The Morgan fingerprint density at radius 3 is 2.05 bits per heavy atom. The second-order valence-corrected chi connectivity index (χ2v) is 5.10. The van der Waals surface area contributed by atoms with Crippen LogP contribution in [0.5, 0.6) is 0 Å². The van der Waals surface area contributed by atoms with Crippen LogP contribution in [-0.4, -0.2) is 49.7 Å². The van der Waals surface area contributed by atoms with Gasteiger partial charge in [0.1, 0.15) is 0 Å². The van der Waals surface area contributed by atoms with Crippen molar-refractivity contribution < 1.29 is 19.1 Å². The molecule has 1 rings (SSSR count). The normalized spacial score (nSPS) is 15.6. The average Bonchev–Trinajstić information content (AvgIpc) is 2.92. The lowest BCUT2D eigenvalue weighted by Crippen LogP contribution is -2.28. The predicted octanol–water partition coefficient (Wildman–Crippen LogP) is 1.99. The number of unbranched alkanes of at least 4 members (excludes halogenated alkanes) is 1. The lowest BCUT2D eigenvalue weighted by atomic mass is 10.0. The molecule has 0 aromatic rings. The van der Waals surface area contributed by atoms with Gasteiger partial charge < -0.3 is 14.4 Å². The van der Waals surface area contributed by atoms with E-state index in [1.54, 1.807) is 13.8 Å². The Morgan fingerprint density at radius 1 is 1.00 bits per heavy atom. The van der Waals surface area contributed by atoms with Gasteiger partial charge >= 0.3 is 11.9 Å². The minimum Gasteiger partial charge on any atom is -0.465 e. The highest BCUT2D eigenvalue weighted by atomic mass is 16.6. The molecule has 1 aliphatic rings. The Hall–Kier alpha value is -1.10. The van der Waals surface area contributed by atoms with E-state index < -0.39 is 17.9 Å². The van der Waals surface area contributed by atoms with Crippen molar-refractivity contribution in [3.63, 3.8) is 0 Å². The number of nitrogens with zero attached hydrogens (tertiary/aromatic N) is 1. The van der Waals surface area contributed by atoms with Crippen LogP contribution in [0.15, 0.2) is 0 Å². The van der Waals surface area contributed by atoms with Gasteiger partial charge in [-0.2, -0.15) is 0 Å². The van der Waals surface area contributed by atoms with Crippen LogP contribution in [0.3, 0.4) is 0 Å². The quantitative estimate of drug-likeness (QED) is 0.368. The van der Waals surface area contributed by atoms with Crippen molar-refractivity contribution in [2.24, 2.45) is 5.92 Å². The maximum atomic E-state index is 11.8. The first kappa shape index (κ1) is 17.0. The van der Waals surface area contributed by atoms with Crippen molar-refractivity contribution in [3.05, 3.63) is 0 Å². The summed E-state index contributed by atoms with van der Waals surface area (Å²) < 4.78 is 9.90. The number of esters is 2. The highest BCUT2D eigenvalue weighted by molar-refractivity contribution is 5.94. The molecule has 0 aromatic carbocycles. The molecule has 20 heavy (non-hydrogen) atoms. The van der Waals surface area contributed by atoms with Crippen molar-refractivity contribution in [2.45, 2.75) is 46.0 Å². The predicted molar refractivity (Wildman–Crippen MR) is 76.3 cm³/mol. The molecule has 1 aliphatic heterocycles. The second-order valence-electron chi connectivity index (χ2n) is 5.10. The van der Waals surface area contributed by atoms with Gasteiger partial charge in [-0.3, -0.25) is 9.59 Å². The van der Waals surface area contributed by atoms with E-state index in [1.807, 2.05) is 0 Å². The monoisotopic (exact) mass is 285 g/mol. The van der Waals surface area contributed by atoms with Crippen LogP contribution in [-0.2, 0) is 19.1 Å². The van der Waals surface area contributed by atoms with Crippen molar-refractivity contribution in [2.75, 3.05) is 32.8 Å². The van der Waals surface area contributed by atoms with Gasteiger partial charge in [0.05, 0.1) is 13.2 Å². The van der Waals surface area contributed by atoms with Gasteiger partial charge in [0.25, 0.3) is 0 Å². The third-order valence-electron chi connectivity index (χ3n) is 3.56. The summed E-state index contributed by atoms with van der Waals surface area (Å²) >= 11 is 0. The molecule has 0 atom stereocenters. The maximum absolute atomic E-state index is 11.8. The van der Waals surface area contributed by atoms with Crippen LogP contribution in [0.25, 0.3) is 0 Å². The van der Waals surface area contributed by atoms with Gasteiger partial charge in [-0.05, 0) is 59.2 Å². The van der Waals surface area contributed by atoms with E-state index >= 15 is 0 Å². The molecule has 0 spiro atoms. The highest BCUT2D eigenvalue weighted by Gasteiger charge is 2.28. The number of rotatable bonds is 9. The van der Waals surface area contributed by atoms with Gasteiger partial charge in [-0.1, -0.05) is 6.42 Å². The fourth-order valence-electron chi connectivity index (χ4n) is 2.51. The van der Waals surface area contributed by atoms with Gasteiger partial charge in [-0.15, -0.1) is 0 Å². The number of likely N-dealkylation sites (tertiary alicyclic amines) is 1. The van der Waals surface area contributed by atoms with Gasteiger partial charge in [0, 0.05) is 0 Å². The number of hydrogen-bond donors (Lipinski definition) is 0. The Bertz CT molecular complexity index is 282. The summed E-state index contributed by atoms with van der Waals surface area (Å²) in [6.07, 6.45) is 4.95. The zero-order chi connectivity index (χ0) is 14.8. The highest BCUT2D eigenvalue weighted by Crippen LogP contribution is 2.15. The molecular weight excluding hydrogens is 258 g/mol. The largest absolute Gasteiger partial charge is 0.465 e. The fraction of sp³-hybridized carbons (Fsp3) is 0.867. The molecule has 0 N–H and O–H groups in total. The standard InChI is InChI=1S/C15H27NO4/c1-3-19-14(17)13(15(18)20-4-2)9-5-6-10-16-11-7-8-12-16/h13H,3-12H2,1-2H3. The van der Waals surface area contributed by atoms with Crippen LogP contribution in [0.4, 0.5) is 0 Å². The van der Waals surface area contributed by atoms with Crippen molar-refractivity contribution >= 4 is 11.9 Å². The molecule has 5 heteroatoms. The van der Waals surface area contributed by atoms with E-state index in [0.29, 0.717) is 19.6 Å². The molecule has 0 unspecified atom stereocenters. The smallest absolute Gasteiger partial charge is 0.320 e. The summed E-state index contributed by atoms with van der Waals surface area (Å²) in [6.45, 7) is 7.49. The van der Waals surface area contributed by atoms with Crippen LogP contribution in [0.1, 0.15) is 46.0 Å². The number of ether oxygens (including phenoxy) is 2. The summed E-state index contributed by atoms with van der Waals surface area (Å²) in [4.78, 5) is 26.0. The first-order valence-electron chi connectivity index (χ1n) is 7.74. The average molecular weight is 285 g/mol. The van der Waals surface area contributed by atoms with Gasteiger partial charge in [-0.25, -0.2) is 0 Å². The lowest BCUT2D eigenvalue weighted by Gasteiger charge is -2.16. The number of hydrogen-bond acceptors (Lipinski definition) is 5. The van der Waals surface area contributed by atoms with E-state index in [1.165, 1.54) is 25.9 Å². The summed E-state index contributed by atoms with van der Waals surface area (Å²) in [5.41, 5.74) is 0. The van der Waals surface area contributed by atoms with E-state index in [0.717, 1.165) is 19.4 Å². The van der Waals surface area contributed by atoms with E-state index in [9.17, 15) is 9.59 Å². The van der Waals surface area contributed by atoms with Gasteiger partial charge in [0.2, 0.25) is 0 Å². The Kier molecular flexibility index (Phi) is 8.26.